The highest BCUT2D eigenvalue weighted by atomic mass is 16.3. The van der Waals surface area contributed by atoms with Crippen molar-refractivity contribution < 1.29 is 9.90 Å². The van der Waals surface area contributed by atoms with Gasteiger partial charge in [0.1, 0.15) is 0 Å². The van der Waals surface area contributed by atoms with Gasteiger partial charge in [0.25, 0.3) is 0 Å². The number of carbonyl (C=O) groups is 1. The number of hydrogen-bond donors (Lipinski definition) is 2. The van der Waals surface area contributed by atoms with E-state index >= 15 is 0 Å². The van der Waals surface area contributed by atoms with E-state index in [1.807, 2.05) is 19.0 Å². The normalized spacial score (nSPS) is 17.0. The molecule has 0 atom stereocenters. The van der Waals surface area contributed by atoms with Gasteiger partial charge in [0.2, 0.25) is 11.3 Å². The highest BCUT2D eigenvalue weighted by molar-refractivity contribution is 5.76. The van der Waals surface area contributed by atoms with Crippen LogP contribution in [-0.4, -0.2) is 77.5 Å². The van der Waals surface area contributed by atoms with Crippen molar-refractivity contribution in [2.75, 3.05) is 46.8 Å². The lowest BCUT2D eigenvalue weighted by Crippen LogP contribution is -2.38. The first-order valence-electron chi connectivity index (χ1n) is 7.51. The molecule has 1 aromatic rings. The number of rotatable bonds is 5. The van der Waals surface area contributed by atoms with Crippen LogP contribution >= 0.6 is 0 Å². The summed E-state index contributed by atoms with van der Waals surface area (Å²) in [7, 11) is 3.99. The molecule has 2 N–H and O–H groups in total. The molecule has 0 radical (unpaired) electrons. The number of aromatic hydroxyl groups is 1. The van der Waals surface area contributed by atoms with Crippen molar-refractivity contribution in [1.29, 1.82) is 0 Å². The maximum absolute atomic E-state index is 12.1. The molecule has 7 nitrogen and oxygen atoms in total. The van der Waals surface area contributed by atoms with Crippen molar-refractivity contribution in [1.82, 2.24) is 19.7 Å². The molecule has 1 aliphatic heterocycles. The number of hydrogen-bond acceptors (Lipinski definition) is 5. The molecule has 2 heterocycles. The molecule has 1 saturated heterocycles. The number of aromatic amines is 1. The average molecular weight is 308 g/mol. The van der Waals surface area contributed by atoms with Crippen molar-refractivity contribution in [2.24, 2.45) is 0 Å². The van der Waals surface area contributed by atoms with E-state index < -0.39 is 0 Å². The molecule has 0 spiro atoms. The Balaban J connectivity index is 1.93. The Labute approximate surface area is 130 Å². The Morgan fingerprint density at radius 2 is 2.05 bits per heavy atom. The summed E-state index contributed by atoms with van der Waals surface area (Å²) in [5.74, 6) is -0.0896. The SMILES string of the molecule is CN(C)CCN1CCN(Cc2cc(=O)c(O)c[nH]2)CCC1=O. The van der Waals surface area contributed by atoms with Gasteiger partial charge in [-0.1, -0.05) is 0 Å². The number of amides is 1. The first kappa shape index (κ1) is 16.5. The third kappa shape index (κ3) is 4.57. The largest absolute Gasteiger partial charge is 0.503 e. The minimum atomic E-state index is -0.382. The van der Waals surface area contributed by atoms with E-state index in [1.54, 1.807) is 0 Å². The van der Waals surface area contributed by atoms with Gasteiger partial charge < -0.3 is 19.9 Å². The Kier molecular flexibility index (Phi) is 5.57. The number of likely N-dealkylation sites (N-methyl/N-ethyl adjacent to an activating group) is 1. The third-order valence-corrected chi connectivity index (χ3v) is 3.84. The van der Waals surface area contributed by atoms with Crippen molar-refractivity contribution in [3.8, 4) is 5.75 Å². The molecular weight excluding hydrogens is 284 g/mol. The summed E-state index contributed by atoms with van der Waals surface area (Å²) in [6, 6.07) is 1.41. The van der Waals surface area contributed by atoms with E-state index in [9.17, 15) is 14.7 Å². The molecular formula is C15H24N4O3. The number of pyridine rings is 1. The Morgan fingerprint density at radius 3 is 2.73 bits per heavy atom. The summed E-state index contributed by atoms with van der Waals surface area (Å²) in [5, 5.41) is 9.26. The van der Waals surface area contributed by atoms with Gasteiger partial charge in [-0.3, -0.25) is 14.5 Å². The van der Waals surface area contributed by atoms with E-state index in [0.717, 1.165) is 25.3 Å². The van der Waals surface area contributed by atoms with Crippen LogP contribution in [-0.2, 0) is 11.3 Å². The van der Waals surface area contributed by atoms with Crippen molar-refractivity contribution in [3.63, 3.8) is 0 Å². The molecule has 0 unspecified atom stereocenters. The Bertz CT molecular complexity index is 570. The van der Waals surface area contributed by atoms with Gasteiger partial charge >= 0.3 is 0 Å². The van der Waals surface area contributed by atoms with Gasteiger partial charge in [-0.15, -0.1) is 0 Å². The minimum absolute atomic E-state index is 0.184. The fraction of sp³-hybridized carbons (Fsp3) is 0.600. The molecule has 0 saturated carbocycles. The molecule has 1 aromatic heterocycles. The predicted octanol–water partition coefficient (Wildman–Crippen LogP) is -0.324. The van der Waals surface area contributed by atoms with Gasteiger partial charge in [0.15, 0.2) is 5.75 Å². The summed E-state index contributed by atoms with van der Waals surface area (Å²) in [5.41, 5.74) is 0.365. The van der Waals surface area contributed by atoms with Crippen LogP contribution in [0.1, 0.15) is 12.1 Å². The molecule has 1 aliphatic rings. The van der Waals surface area contributed by atoms with Gasteiger partial charge in [-0.2, -0.15) is 0 Å². The molecule has 1 fully saturated rings. The average Bonchev–Trinajstić information content (AvgIpc) is 2.63. The lowest BCUT2D eigenvalue weighted by molar-refractivity contribution is -0.130. The highest BCUT2D eigenvalue weighted by Crippen LogP contribution is 2.09. The zero-order valence-corrected chi connectivity index (χ0v) is 13.2. The fourth-order valence-electron chi connectivity index (χ4n) is 2.46. The molecule has 1 amide bonds. The van der Waals surface area contributed by atoms with Crippen LogP contribution in [0.2, 0.25) is 0 Å². The molecule has 0 aromatic carbocycles. The lowest BCUT2D eigenvalue weighted by Gasteiger charge is -2.23. The van der Waals surface area contributed by atoms with E-state index in [4.69, 9.17) is 0 Å². The first-order chi connectivity index (χ1) is 10.5. The van der Waals surface area contributed by atoms with Gasteiger partial charge in [0.05, 0.1) is 0 Å². The summed E-state index contributed by atoms with van der Waals surface area (Å²) < 4.78 is 0. The van der Waals surface area contributed by atoms with E-state index in [-0.39, 0.29) is 17.1 Å². The molecule has 122 valence electrons. The molecule has 2 rings (SSSR count). The minimum Gasteiger partial charge on any atom is -0.503 e. The number of aromatic nitrogens is 1. The van der Waals surface area contributed by atoms with E-state index in [1.165, 1.54) is 12.3 Å². The van der Waals surface area contributed by atoms with Crippen molar-refractivity contribution in [3.05, 3.63) is 28.2 Å². The third-order valence-electron chi connectivity index (χ3n) is 3.84. The van der Waals surface area contributed by atoms with Gasteiger partial charge in [-0.25, -0.2) is 0 Å². The molecule has 0 aliphatic carbocycles. The van der Waals surface area contributed by atoms with Crippen LogP contribution in [0, 0.1) is 0 Å². The second-order valence-electron chi connectivity index (χ2n) is 5.92. The quantitative estimate of drug-likeness (QED) is 0.779. The fourth-order valence-corrected chi connectivity index (χ4v) is 2.46. The van der Waals surface area contributed by atoms with Crippen molar-refractivity contribution >= 4 is 5.91 Å². The van der Waals surface area contributed by atoms with Crippen LogP contribution in [0.4, 0.5) is 0 Å². The van der Waals surface area contributed by atoms with Gasteiger partial charge in [-0.05, 0) is 14.1 Å². The summed E-state index contributed by atoms with van der Waals surface area (Å²) in [4.78, 5) is 32.6. The second kappa shape index (κ2) is 7.42. The van der Waals surface area contributed by atoms with Gasteiger partial charge in [0, 0.05) is 63.6 Å². The maximum atomic E-state index is 12.1. The zero-order valence-electron chi connectivity index (χ0n) is 13.2. The van der Waals surface area contributed by atoms with Crippen LogP contribution in [0.5, 0.6) is 5.75 Å². The standard InChI is InChI=1S/C15H24N4O3/c1-17(2)5-7-19-8-6-18(4-3-15(19)22)11-12-9-13(20)14(21)10-16-12/h9-10,21H,3-8,11H2,1-2H3,(H,16,20). The van der Waals surface area contributed by atoms with Crippen LogP contribution in [0.3, 0.4) is 0 Å². The predicted molar refractivity (Wildman–Crippen MR) is 83.8 cm³/mol. The zero-order chi connectivity index (χ0) is 16.1. The smallest absolute Gasteiger partial charge is 0.223 e. The van der Waals surface area contributed by atoms with Crippen LogP contribution < -0.4 is 5.43 Å². The summed E-state index contributed by atoms with van der Waals surface area (Å²) >= 11 is 0. The monoisotopic (exact) mass is 308 g/mol. The maximum Gasteiger partial charge on any atom is 0.223 e. The number of carbonyl (C=O) groups excluding carboxylic acids is 1. The van der Waals surface area contributed by atoms with E-state index in [0.29, 0.717) is 26.1 Å². The molecule has 0 bridgehead atoms. The Hall–Kier alpha value is -1.86. The second-order valence-corrected chi connectivity index (χ2v) is 5.92. The topological polar surface area (TPSA) is 79.9 Å². The van der Waals surface area contributed by atoms with Crippen LogP contribution in [0.15, 0.2) is 17.1 Å². The summed E-state index contributed by atoms with van der Waals surface area (Å²) in [6.45, 7) is 4.34. The van der Waals surface area contributed by atoms with Crippen LogP contribution in [0.25, 0.3) is 0 Å². The van der Waals surface area contributed by atoms with E-state index in [2.05, 4.69) is 14.8 Å². The number of H-pyrrole nitrogens is 1. The highest BCUT2D eigenvalue weighted by Gasteiger charge is 2.21. The lowest BCUT2D eigenvalue weighted by atomic mass is 10.3. The van der Waals surface area contributed by atoms with Crippen molar-refractivity contribution in [2.45, 2.75) is 13.0 Å². The number of nitrogens with one attached hydrogen (secondary N) is 1. The molecule has 7 heteroatoms. The Morgan fingerprint density at radius 1 is 1.27 bits per heavy atom. The first-order valence-corrected chi connectivity index (χ1v) is 7.51. The summed E-state index contributed by atoms with van der Waals surface area (Å²) in [6.07, 6.45) is 1.81. The molecule has 22 heavy (non-hydrogen) atoms. The number of nitrogens with zero attached hydrogens (tertiary/aromatic N) is 3.